The monoisotopic (exact) mass is 396 g/mol. The second kappa shape index (κ2) is 8.80. The van der Waals surface area contributed by atoms with E-state index >= 15 is 0 Å². The molecule has 1 saturated heterocycles. The van der Waals surface area contributed by atoms with Crippen LogP contribution in [-0.4, -0.2) is 32.5 Å². The van der Waals surface area contributed by atoms with Crippen molar-refractivity contribution in [3.8, 4) is 0 Å². The fraction of sp³-hybridized carbons (Fsp3) is 0.308. The van der Waals surface area contributed by atoms with Gasteiger partial charge in [0.25, 0.3) is 0 Å². The lowest BCUT2D eigenvalue weighted by Crippen LogP contribution is -2.34. The van der Waals surface area contributed by atoms with E-state index in [1.54, 1.807) is 0 Å². The second-order valence-electron chi connectivity index (χ2n) is 8.37. The molecule has 0 saturated carbocycles. The summed E-state index contributed by atoms with van der Waals surface area (Å²) in [6, 6.07) is 23.5. The number of likely N-dealkylation sites (tertiary alicyclic amines) is 1. The Kier molecular flexibility index (Phi) is 5.58. The molecule has 4 heteroatoms. The summed E-state index contributed by atoms with van der Waals surface area (Å²) in [5, 5.41) is 0. The molecule has 0 spiro atoms. The second-order valence-corrected chi connectivity index (χ2v) is 8.37. The first-order valence-electron chi connectivity index (χ1n) is 10.9. The minimum atomic E-state index is 0.696. The molecule has 30 heavy (non-hydrogen) atoms. The van der Waals surface area contributed by atoms with Crippen LogP contribution in [0.15, 0.2) is 79.1 Å². The number of hydrogen-bond acceptors (Lipinski definition) is 3. The summed E-state index contributed by atoms with van der Waals surface area (Å²) < 4.78 is 2.39. The Morgan fingerprint density at radius 3 is 2.37 bits per heavy atom. The third kappa shape index (κ3) is 4.29. The number of fused-ring (bicyclic) bond motifs is 1. The van der Waals surface area contributed by atoms with Crippen molar-refractivity contribution in [2.24, 2.45) is 5.92 Å². The number of benzene rings is 2. The topological polar surface area (TPSA) is 34.0 Å². The molecule has 3 heterocycles. The van der Waals surface area contributed by atoms with Gasteiger partial charge in [0, 0.05) is 25.4 Å². The van der Waals surface area contributed by atoms with Crippen molar-refractivity contribution in [2.45, 2.75) is 32.4 Å². The van der Waals surface area contributed by atoms with Gasteiger partial charge in [-0.3, -0.25) is 9.88 Å². The minimum absolute atomic E-state index is 0.696. The van der Waals surface area contributed by atoms with Crippen molar-refractivity contribution in [3.05, 3.63) is 96.1 Å². The Morgan fingerprint density at radius 1 is 0.800 bits per heavy atom. The van der Waals surface area contributed by atoms with Crippen LogP contribution in [0, 0.1) is 5.92 Å². The van der Waals surface area contributed by atoms with Crippen LogP contribution in [0.5, 0.6) is 0 Å². The number of nitrogens with zero attached hydrogens (tertiary/aromatic N) is 4. The van der Waals surface area contributed by atoms with Crippen molar-refractivity contribution in [1.29, 1.82) is 0 Å². The van der Waals surface area contributed by atoms with Crippen molar-refractivity contribution >= 4 is 11.0 Å². The van der Waals surface area contributed by atoms with Crippen LogP contribution in [0.2, 0.25) is 0 Å². The number of imidazole rings is 1. The molecule has 1 aliphatic heterocycles. The zero-order valence-electron chi connectivity index (χ0n) is 17.3. The van der Waals surface area contributed by atoms with Crippen LogP contribution in [0.1, 0.15) is 29.8 Å². The molecule has 0 N–H and O–H groups in total. The predicted molar refractivity (Wildman–Crippen MR) is 121 cm³/mol. The third-order valence-corrected chi connectivity index (χ3v) is 6.22. The quantitative estimate of drug-likeness (QED) is 0.463. The van der Waals surface area contributed by atoms with Crippen LogP contribution in [0.25, 0.3) is 11.0 Å². The molecular formula is C26H28N4. The van der Waals surface area contributed by atoms with Gasteiger partial charge in [-0.15, -0.1) is 0 Å². The van der Waals surface area contributed by atoms with Gasteiger partial charge >= 0.3 is 0 Å². The van der Waals surface area contributed by atoms with E-state index in [1.165, 1.54) is 48.4 Å². The Balaban J connectivity index is 1.29. The van der Waals surface area contributed by atoms with Gasteiger partial charge in [-0.05, 0) is 61.2 Å². The molecule has 0 unspecified atom stereocenters. The molecule has 0 amide bonds. The first-order chi connectivity index (χ1) is 14.8. The van der Waals surface area contributed by atoms with Gasteiger partial charge in [0.15, 0.2) is 0 Å². The Morgan fingerprint density at radius 2 is 1.57 bits per heavy atom. The number of rotatable bonds is 6. The summed E-state index contributed by atoms with van der Waals surface area (Å²) in [6.07, 6.45) is 7.32. The molecule has 4 aromatic rings. The Hall–Kier alpha value is -2.98. The summed E-state index contributed by atoms with van der Waals surface area (Å²) >= 11 is 0. The van der Waals surface area contributed by atoms with Crippen LogP contribution in [0.3, 0.4) is 0 Å². The zero-order chi connectivity index (χ0) is 20.2. The normalized spacial score (nSPS) is 15.6. The van der Waals surface area contributed by atoms with E-state index in [1.807, 2.05) is 18.5 Å². The standard InChI is InChI=1S/C26H28N4/c1-2-7-22(8-3-1)19-29-15-12-21(13-16-29)17-26-28-24-10-4-5-11-25(24)30(26)20-23-9-6-14-27-18-23/h1-11,14,18,21H,12-13,15-17,19-20H2. The molecule has 4 nitrogen and oxygen atoms in total. The highest BCUT2D eigenvalue weighted by atomic mass is 15.1. The highest BCUT2D eigenvalue weighted by Gasteiger charge is 2.22. The molecule has 5 rings (SSSR count). The maximum absolute atomic E-state index is 5.02. The zero-order valence-corrected chi connectivity index (χ0v) is 17.3. The Labute approximate surface area is 178 Å². The fourth-order valence-electron chi connectivity index (χ4n) is 4.58. The highest BCUT2D eigenvalue weighted by molar-refractivity contribution is 5.76. The van der Waals surface area contributed by atoms with Crippen LogP contribution < -0.4 is 0 Å². The van der Waals surface area contributed by atoms with Crippen LogP contribution >= 0.6 is 0 Å². The first-order valence-corrected chi connectivity index (χ1v) is 10.9. The van der Waals surface area contributed by atoms with Crippen molar-refractivity contribution in [2.75, 3.05) is 13.1 Å². The summed E-state index contributed by atoms with van der Waals surface area (Å²) in [7, 11) is 0. The first kappa shape index (κ1) is 19.0. The predicted octanol–water partition coefficient (Wildman–Crippen LogP) is 4.93. The average Bonchev–Trinajstić information content (AvgIpc) is 3.13. The summed E-state index contributed by atoms with van der Waals surface area (Å²) in [5.41, 5.74) is 4.95. The van der Waals surface area contributed by atoms with Crippen LogP contribution in [-0.2, 0) is 19.5 Å². The van der Waals surface area contributed by atoms with E-state index in [0.29, 0.717) is 5.92 Å². The van der Waals surface area contributed by atoms with E-state index in [4.69, 9.17) is 4.98 Å². The molecule has 2 aromatic carbocycles. The molecule has 0 aliphatic carbocycles. The van der Waals surface area contributed by atoms with Crippen molar-refractivity contribution < 1.29 is 0 Å². The lowest BCUT2D eigenvalue weighted by Gasteiger charge is -2.32. The van der Waals surface area contributed by atoms with E-state index in [9.17, 15) is 0 Å². The van der Waals surface area contributed by atoms with E-state index in [-0.39, 0.29) is 0 Å². The molecule has 1 fully saturated rings. The van der Waals surface area contributed by atoms with Gasteiger partial charge < -0.3 is 4.57 Å². The smallest absolute Gasteiger partial charge is 0.110 e. The third-order valence-electron chi connectivity index (χ3n) is 6.22. The maximum Gasteiger partial charge on any atom is 0.110 e. The van der Waals surface area contributed by atoms with Gasteiger partial charge in [0.05, 0.1) is 17.6 Å². The van der Waals surface area contributed by atoms with Crippen LogP contribution in [0.4, 0.5) is 0 Å². The summed E-state index contributed by atoms with van der Waals surface area (Å²) in [5.74, 6) is 1.91. The van der Waals surface area contributed by atoms with Gasteiger partial charge in [0.1, 0.15) is 5.82 Å². The molecule has 0 bridgehead atoms. The summed E-state index contributed by atoms with van der Waals surface area (Å²) in [4.78, 5) is 11.9. The molecule has 152 valence electrons. The molecule has 0 radical (unpaired) electrons. The van der Waals surface area contributed by atoms with Crippen molar-refractivity contribution in [1.82, 2.24) is 19.4 Å². The van der Waals surface area contributed by atoms with Gasteiger partial charge in [0.2, 0.25) is 0 Å². The van der Waals surface area contributed by atoms with E-state index in [0.717, 1.165) is 25.0 Å². The van der Waals surface area contributed by atoms with Gasteiger partial charge in [-0.25, -0.2) is 4.98 Å². The summed E-state index contributed by atoms with van der Waals surface area (Å²) in [6.45, 7) is 4.23. The van der Waals surface area contributed by atoms with E-state index < -0.39 is 0 Å². The minimum Gasteiger partial charge on any atom is -0.323 e. The fourth-order valence-corrected chi connectivity index (χ4v) is 4.58. The highest BCUT2D eigenvalue weighted by Crippen LogP contribution is 2.25. The van der Waals surface area contributed by atoms with Gasteiger partial charge in [-0.2, -0.15) is 0 Å². The number of aromatic nitrogens is 3. The number of pyridine rings is 1. The molecule has 0 atom stereocenters. The maximum atomic E-state index is 5.02. The number of hydrogen-bond donors (Lipinski definition) is 0. The largest absolute Gasteiger partial charge is 0.323 e. The van der Waals surface area contributed by atoms with Gasteiger partial charge in [-0.1, -0.05) is 48.5 Å². The molecular weight excluding hydrogens is 368 g/mol. The van der Waals surface area contributed by atoms with E-state index in [2.05, 4.69) is 75.1 Å². The average molecular weight is 397 g/mol. The molecule has 2 aromatic heterocycles. The Bertz CT molecular complexity index is 1080. The SMILES string of the molecule is c1ccc(CN2CCC(Cc3nc4ccccc4n3Cc3cccnc3)CC2)cc1. The molecule has 1 aliphatic rings. The lowest BCUT2D eigenvalue weighted by molar-refractivity contribution is 0.175. The lowest BCUT2D eigenvalue weighted by atomic mass is 9.93. The number of para-hydroxylation sites is 2. The number of piperidine rings is 1. The van der Waals surface area contributed by atoms with Crippen molar-refractivity contribution in [3.63, 3.8) is 0 Å².